The lowest BCUT2D eigenvalue weighted by molar-refractivity contribution is -0.138. The molecule has 0 unspecified atom stereocenters. The van der Waals surface area contributed by atoms with Gasteiger partial charge in [0.05, 0.1) is 23.1 Å². The van der Waals surface area contributed by atoms with E-state index in [9.17, 15) is 40.7 Å². The van der Waals surface area contributed by atoms with Crippen molar-refractivity contribution in [2.75, 3.05) is 38.0 Å². The number of hydrogen-bond acceptors (Lipinski definition) is 6. The van der Waals surface area contributed by atoms with E-state index in [1.165, 1.54) is 11.0 Å². The fourth-order valence-electron chi connectivity index (χ4n) is 4.58. The SMILES string of the molecule is NCCN(CCN)C(=O)[C@@H]1CN[C@H](C(=O)N[C@@H](Cc2ccc(C(F)(F)F)cc2)C(=O)Nc2cccc(C(F)(F)F)c2)C1. The third-order valence-electron chi connectivity index (χ3n) is 6.72. The maximum Gasteiger partial charge on any atom is 0.416 e. The van der Waals surface area contributed by atoms with E-state index in [4.69, 9.17) is 11.5 Å². The first-order valence-electron chi connectivity index (χ1n) is 13.1. The number of nitrogens with one attached hydrogen (secondary N) is 3. The summed E-state index contributed by atoms with van der Waals surface area (Å²) in [5.41, 5.74) is 9.29. The van der Waals surface area contributed by atoms with Crippen molar-refractivity contribution in [1.29, 1.82) is 0 Å². The van der Waals surface area contributed by atoms with Crippen molar-refractivity contribution in [3.8, 4) is 0 Å². The summed E-state index contributed by atoms with van der Waals surface area (Å²) >= 11 is 0. The predicted octanol–water partition coefficient (Wildman–Crippen LogP) is 2.11. The third-order valence-corrected chi connectivity index (χ3v) is 6.72. The van der Waals surface area contributed by atoms with Crippen molar-refractivity contribution < 1.29 is 40.7 Å². The number of rotatable bonds is 11. The molecule has 0 bridgehead atoms. The minimum atomic E-state index is -4.67. The summed E-state index contributed by atoms with van der Waals surface area (Å²) in [5.74, 6) is -2.35. The summed E-state index contributed by atoms with van der Waals surface area (Å²) in [7, 11) is 0. The number of nitrogens with two attached hydrogens (primary N) is 2. The summed E-state index contributed by atoms with van der Waals surface area (Å²) in [6, 6.07) is 5.55. The highest BCUT2D eigenvalue weighted by molar-refractivity contribution is 5.98. The number of carbonyl (C=O) groups is 3. The van der Waals surface area contributed by atoms with Gasteiger partial charge in [0.15, 0.2) is 0 Å². The summed E-state index contributed by atoms with van der Waals surface area (Å²) in [6.07, 6.45) is -9.41. The molecule has 1 saturated heterocycles. The molecule has 1 aliphatic heterocycles. The van der Waals surface area contributed by atoms with E-state index >= 15 is 0 Å². The van der Waals surface area contributed by atoms with Gasteiger partial charge >= 0.3 is 12.4 Å². The second-order valence-corrected chi connectivity index (χ2v) is 9.82. The normalized spacial score (nSPS) is 17.9. The van der Waals surface area contributed by atoms with E-state index in [0.29, 0.717) is 0 Å². The smallest absolute Gasteiger partial charge is 0.343 e. The van der Waals surface area contributed by atoms with Gasteiger partial charge in [0.2, 0.25) is 17.7 Å². The van der Waals surface area contributed by atoms with Crippen LogP contribution in [0.25, 0.3) is 0 Å². The van der Waals surface area contributed by atoms with E-state index in [0.717, 1.165) is 42.5 Å². The van der Waals surface area contributed by atoms with Crippen molar-refractivity contribution in [3.05, 3.63) is 65.2 Å². The molecule has 0 aromatic heterocycles. The monoisotopic (exact) mass is 602 g/mol. The van der Waals surface area contributed by atoms with Gasteiger partial charge in [-0.25, -0.2) is 0 Å². The van der Waals surface area contributed by atoms with Crippen LogP contribution in [-0.4, -0.2) is 67.4 Å². The maximum absolute atomic E-state index is 13.2. The van der Waals surface area contributed by atoms with Gasteiger partial charge < -0.3 is 32.3 Å². The van der Waals surface area contributed by atoms with Gasteiger partial charge in [0.25, 0.3) is 0 Å². The quantitative estimate of drug-likeness (QED) is 0.250. The van der Waals surface area contributed by atoms with E-state index in [1.54, 1.807) is 0 Å². The van der Waals surface area contributed by atoms with Crippen LogP contribution in [0.5, 0.6) is 0 Å². The van der Waals surface area contributed by atoms with Gasteiger partial charge in [-0.2, -0.15) is 26.3 Å². The second kappa shape index (κ2) is 14.0. The summed E-state index contributed by atoms with van der Waals surface area (Å²) in [5, 5.41) is 7.80. The number of alkyl halides is 6. The van der Waals surface area contributed by atoms with E-state index in [2.05, 4.69) is 16.0 Å². The van der Waals surface area contributed by atoms with Crippen LogP contribution in [-0.2, 0) is 33.2 Å². The number of amides is 3. The Morgan fingerprint density at radius 3 is 2.12 bits per heavy atom. The van der Waals surface area contributed by atoms with E-state index in [1.807, 2.05) is 0 Å². The summed E-state index contributed by atoms with van der Waals surface area (Å²) in [4.78, 5) is 40.7. The van der Waals surface area contributed by atoms with Gasteiger partial charge in [0.1, 0.15) is 6.04 Å². The summed E-state index contributed by atoms with van der Waals surface area (Å²) < 4.78 is 78.4. The number of halogens is 6. The van der Waals surface area contributed by atoms with Gasteiger partial charge in [-0.05, 0) is 42.3 Å². The van der Waals surface area contributed by atoms with Crippen LogP contribution in [0.2, 0.25) is 0 Å². The zero-order valence-corrected chi connectivity index (χ0v) is 22.4. The highest BCUT2D eigenvalue weighted by Gasteiger charge is 2.37. The lowest BCUT2D eigenvalue weighted by Crippen LogP contribution is -2.50. The van der Waals surface area contributed by atoms with Crippen molar-refractivity contribution >= 4 is 23.4 Å². The molecular formula is C27H32F6N6O3. The fraction of sp³-hybridized carbons (Fsp3) is 0.444. The van der Waals surface area contributed by atoms with Crippen LogP contribution in [0.1, 0.15) is 23.1 Å². The minimum absolute atomic E-state index is 0.0958. The van der Waals surface area contributed by atoms with Crippen molar-refractivity contribution in [1.82, 2.24) is 15.5 Å². The first-order chi connectivity index (χ1) is 19.7. The molecular weight excluding hydrogens is 570 g/mol. The number of anilines is 1. The number of nitrogens with zero attached hydrogens (tertiary/aromatic N) is 1. The van der Waals surface area contributed by atoms with Crippen LogP contribution in [0.4, 0.5) is 32.0 Å². The average molecular weight is 603 g/mol. The molecule has 2 aromatic rings. The molecule has 0 spiro atoms. The predicted molar refractivity (Wildman–Crippen MR) is 142 cm³/mol. The molecule has 42 heavy (non-hydrogen) atoms. The Hall–Kier alpha value is -3.69. The number of benzene rings is 2. The van der Waals surface area contributed by atoms with E-state index in [-0.39, 0.29) is 62.7 Å². The molecule has 1 aliphatic rings. The Kier molecular flexibility index (Phi) is 10.9. The molecule has 3 rings (SSSR count). The molecule has 3 amide bonds. The molecule has 9 nitrogen and oxygen atoms in total. The van der Waals surface area contributed by atoms with Gasteiger partial charge in [0, 0.05) is 44.8 Å². The zero-order valence-electron chi connectivity index (χ0n) is 22.4. The van der Waals surface area contributed by atoms with Crippen molar-refractivity contribution in [3.63, 3.8) is 0 Å². The third kappa shape index (κ3) is 8.90. The van der Waals surface area contributed by atoms with E-state index < -0.39 is 53.3 Å². The first kappa shape index (κ1) is 32.8. The Morgan fingerprint density at radius 2 is 1.55 bits per heavy atom. The molecule has 0 saturated carbocycles. The lowest BCUT2D eigenvalue weighted by Gasteiger charge is -2.24. The van der Waals surface area contributed by atoms with Gasteiger partial charge in [-0.15, -0.1) is 0 Å². The zero-order chi connectivity index (χ0) is 31.1. The molecule has 0 radical (unpaired) electrons. The molecule has 3 atom stereocenters. The average Bonchev–Trinajstić information content (AvgIpc) is 3.42. The molecule has 7 N–H and O–H groups in total. The first-order valence-corrected chi connectivity index (χ1v) is 13.1. The van der Waals surface area contributed by atoms with Crippen LogP contribution in [0.3, 0.4) is 0 Å². The Morgan fingerprint density at radius 1 is 0.929 bits per heavy atom. The molecule has 2 aromatic carbocycles. The van der Waals surface area contributed by atoms with Crippen LogP contribution in [0, 0.1) is 5.92 Å². The highest BCUT2D eigenvalue weighted by atomic mass is 19.4. The Bertz CT molecular complexity index is 1230. The second-order valence-electron chi connectivity index (χ2n) is 9.82. The lowest BCUT2D eigenvalue weighted by atomic mass is 10.0. The topological polar surface area (TPSA) is 143 Å². The van der Waals surface area contributed by atoms with Crippen LogP contribution < -0.4 is 27.4 Å². The molecule has 0 aliphatic carbocycles. The number of hydrogen-bond donors (Lipinski definition) is 5. The molecule has 1 fully saturated rings. The van der Waals surface area contributed by atoms with Crippen LogP contribution in [0.15, 0.2) is 48.5 Å². The largest absolute Gasteiger partial charge is 0.416 e. The van der Waals surface area contributed by atoms with Crippen molar-refractivity contribution in [2.45, 2.75) is 37.3 Å². The molecule has 15 heteroatoms. The standard InChI is InChI=1S/C27H32F6N6O3/c28-26(29,30)18-6-4-16(5-7-18)12-22(24(41)37-20-3-1-2-19(14-20)27(31,32)33)38-23(40)21-13-17(15-36-21)25(42)39(10-8-34)11-9-35/h1-7,14,17,21-22,36H,8-13,15,34-35H2,(H,37,41)(H,38,40)/t17-,21-,22-/m0/s1. The summed E-state index contributed by atoms with van der Waals surface area (Å²) in [6.45, 7) is 1.19. The Balaban J connectivity index is 1.77. The van der Waals surface area contributed by atoms with Crippen LogP contribution >= 0.6 is 0 Å². The molecule has 1 heterocycles. The Labute approximate surface area is 238 Å². The van der Waals surface area contributed by atoms with Gasteiger partial charge in [-0.1, -0.05) is 18.2 Å². The maximum atomic E-state index is 13.2. The number of carbonyl (C=O) groups excluding carboxylic acids is 3. The fourth-order valence-corrected chi connectivity index (χ4v) is 4.58. The minimum Gasteiger partial charge on any atom is -0.343 e. The highest BCUT2D eigenvalue weighted by Crippen LogP contribution is 2.31. The van der Waals surface area contributed by atoms with Crippen molar-refractivity contribution in [2.24, 2.45) is 17.4 Å². The molecule has 230 valence electrons. The van der Waals surface area contributed by atoms with Gasteiger partial charge in [-0.3, -0.25) is 14.4 Å².